The Morgan fingerprint density at radius 1 is 1.20 bits per heavy atom. The van der Waals surface area contributed by atoms with E-state index in [1.165, 1.54) is 22.3 Å². The van der Waals surface area contributed by atoms with Crippen molar-refractivity contribution in [3.8, 4) is 0 Å². The molecule has 1 aromatic rings. The molecule has 2 nitrogen and oxygen atoms in total. The van der Waals surface area contributed by atoms with E-state index in [1.807, 2.05) is 0 Å². The molecule has 0 radical (unpaired) electrons. The number of nitrogens with one attached hydrogen (secondary N) is 1. The monoisotopic (exact) mass is 204 g/mol. The third-order valence-electron chi connectivity index (χ3n) is 2.71. The summed E-state index contributed by atoms with van der Waals surface area (Å²) in [6, 6.07) is 4.41. The second-order valence-electron chi connectivity index (χ2n) is 3.97. The van der Waals surface area contributed by atoms with Crippen LogP contribution in [0.1, 0.15) is 36.1 Å². The van der Waals surface area contributed by atoms with Crippen molar-refractivity contribution in [1.29, 1.82) is 5.41 Å². The largest absolute Gasteiger partial charge is 0.387 e. The Balaban J connectivity index is 3.23. The van der Waals surface area contributed by atoms with Crippen molar-refractivity contribution in [2.45, 2.75) is 40.0 Å². The maximum atomic E-state index is 7.41. The normalized spacial score (nSPS) is 10.3. The minimum atomic E-state index is 0.253. The van der Waals surface area contributed by atoms with Gasteiger partial charge >= 0.3 is 0 Å². The van der Waals surface area contributed by atoms with Crippen LogP contribution < -0.4 is 5.73 Å². The fraction of sp³-hybridized carbons (Fsp3) is 0.462. The minimum Gasteiger partial charge on any atom is -0.387 e. The van der Waals surface area contributed by atoms with Crippen LogP contribution in [0.15, 0.2) is 12.1 Å². The van der Waals surface area contributed by atoms with Crippen molar-refractivity contribution < 1.29 is 0 Å². The van der Waals surface area contributed by atoms with Crippen molar-refractivity contribution in [2.75, 3.05) is 0 Å². The quantitative estimate of drug-likeness (QED) is 0.575. The van der Waals surface area contributed by atoms with E-state index in [9.17, 15) is 0 Å². The van der Waals surface area contributed by atoms with Crippen LogP contribution in [-0.4, -0.2) is 5.84 Å². The van der Waals surface area contributed by atoms with Gasteiger partial charge in [-0.3, -0.25) is 5.41 Å². The summed E-state index contributed by atoms with van der Waals surface area (Å²) in [6.07, 6.45) is 2.61. The van der Waals surface area contributed by atoms with E-state index in [4.69, 9.17) is 11.1 Å². The molecular weight excluding hydrogens is 184 g/mol. The number of benzene rings is 1. The molecule has 0 saturated carbocycles. The molecule has 15 heavy (non-hydrogen) atoms. The Hall–Kier alpha value is -1.31. The Morgan fingerprint density at radius 2 is 1.67 bits per heavy atom. The first-order valence-corrected chi connectivity index (χ1v) is 5.52. The number of hydrogen-bond acceptors (Lipinski definition) is 1. The van der Waals surface area contributed by atoms with E-state index in [1.54, 1.807) is 0 Å². The molecule has 3 N–H and O–H groups in total. The topological polar surface area (TPSA) is 49.9 Å². The molecule has 1 aromatic carbocycles. The molecule has 82 valence electrons. The summed E-state index contributed by atoms with van der Waals surface area (Å²) in [5, 5.41) is 7.41. The van der Waals surface area contributed by atoms with Crippen LogP contribution in [0.25, 0.3) is 0 Å². The molecule has 0 atom stereocenters. The molecule has 1 rings (SSSR count). The summed E-state index contributed by atoms with van der Waals surface area (Å²) in [4.78, 5) is 0. The lowest BCUT2D eigenvalue weighted by Crippen LogP contribution is -2.15. The number of nitrogens with two attached hydrogens (primary N) is 1. The highest BCUT2D eigenvalue weighted by Gasteiger charge is 2.08. The summed E-state index contributed by atoms with van der Waals surface area (Å²) < 4.78 is 0. The standard InChI is InChI=1S/C13H20N2/c1-4-10-6-9(3)7-11(5-2)12(10)8-13(14)15/h6-7H,4-5,8H2,1-3H3,(H3,14,15). The summed E-state index contributed by atoms with van der Waals surface area (Å²) in [6.45, 7) is 6.42. The zero-order valence-electron chi connectivity index (χ0n) is 9.85. The molecular formula is C13H20N2. The fourth-order valence-corrected chi connectivity index (χ4v) is 2.02. The Bertz CT molecular complexity index is 342. The van der Waals surface area contributed by atoms with Gasteiger partial charge in [-0.15, -0.1) is 0 Å². The molecule has 0 aromatic heterocycles. The van der Waals surface area contributed by atoms with E-state index in [0.29, 0.717) is 6.42 Å². The summed E-state index contributed by atoms with van der Waals surface area (Å²) in [5.74, 6) is 0.253. The molecule has 0 unspecified atom stereocenters. The van der Waals surface area contributed by atoms with Crippen LogP contribution in [0, 0.1) is 12.3 Å². The zero-order valence-corrected chi connectivity index (χ0v) is 9.85. The smallest absolute Gasteiger partial charge is 0.0950 e. The van der Waals surface area contributed by atoms with Gasteiger partial charge in [-0.05, 0) is 36.5 Å². The second kappa shape index (κ2) is 4.96. The average Bonchev–Trinajstić information content (AvgIpc) is 2.19. The van der Waals surface area contributed by atoms with Crippen LogP contribution in [-0.2, 0) is 19.3 Å². The number of amidine groups is 1. The van der Waals surface area contributed by atoms with E-state index in [2.05, 4.69) is 32.9 Å². The average molecular weight is 204 g/mol. The lowest BCUT2D eigenvalue weighted by Gasteiger charge is -2.14. The van der Waals surface area contributed by atoms with Gasteiger partial charge in [-0.1, -0.05) is 31.5 Å². The van der Waals surface area contributed by atoms with E-state index < -0.39 is 0 Å². The Kier molecular flexibility index (Phi) is 3.89. The molecule has 2 heteroatoms. The van der Waals surface area contributed by atoms with Crippen molar-refractivity contribution in [3.63, 3.8) is 0 Å². The van der Waals surface area contributed by atoms with Crippen LogP contribution >= 0.6 is 0 Å². The van der Waals surface area contributed by atoms with Gasteiger partial charge in [-0.2, -0.15) is 0 Å². The fourth-order valence-electron chi connectivity index (χ4n) is 2.02. The zero-order chi connectivity index (χ0) is 11.4. The van der Waals surface area contributed by atoms with Gasteiger partial charge in [0.2, 0.25) is 0 Å². The van der Waals surface area contributed by atoms with E-state index in [0.717, 1.165) is 12.8 Å². The summed E-state index contributed by atoms with van der Waals surface area (Å²) in [5.41, 5.74) is 10.7. The second-order valence-corrected chi connectivity index (χ2v) is 3.97. The molecule has 0 amide bonds. The van der Waals surface area contributed by atoms with Gasteiger partial charge in [0.15, 0.2) is 0 Å². The molecule has 0 saturated heterocycles. The van der Waals surface area contributed by atoms with E-state index in [-0.39, 0.29) is 5.84 Å². The lowest BCUT2D eigenvalue weighted by atomic mass is 9.92. The predicted octanol–water partition coefficient (Wildman–Crippen LogP) is 2.60. The molecule has 0 aliphatic heterocycles. The van der Waals surface area contributed by atoms with Crippen LogP contribution in [0.3, 0.4) is 0 Å². The van der Waals surface area contributed by atoms with Gasteiger partial charge in [-0.25, -0.2) is 0 Å². The highest BCUT2D eigenvalue weighted by Crippen LogP contribution is 2.19. The van der Waals surface area contributed by atoms with Gasteiger partial charge < -0.3 is 5.73 Å². The highest BCUT2D eigenvalue weighted by molar-refractivity contribution is 5.80. The number of aryl methyl sites for hydroxylation is 3. The van der Waals surface area contributed by atoms with E-state index >= 15 is 0 Å². The molecule has 0 aliphatic carbocycles. The van der Waals surface area contributed by atoms with Crippen molar-refractivity contribution in [3.05, 3.63) is 34.4 Å². The number of rotatable bonds is 4. The first kappa shape index (κ1) is 11.8. The van der Waals surface area contributed by atoms with Gasteiger partial charge in [0, 0.05) is 6.42 Å². The highest BCUT2D eigenvalue weighted by atomic mass is 14.7. The van der Waals surface area contributed by atoms with Crippen molar-refractivity contribution >= 4 is 5.84 Å². The molecule has 0 fully saturated rings. The summed E-state index contributed by atoms with van der Waals surface area (Å²) >= 11 is 0. The summed E-state index contributed by atoms with van der Waals surface area (Å²) in [7, 11) is 0. The third-order valence-corrected chi connectivity index (χ3v) is 2.71. The Morgan fingerprint density at radius 3 is 2.00 bits per heavy atom. The molecule has 0 bridgehead atoms. The maximum absolute atomic E-state index is 7.41. The Labute approximate surface area is 92.0 Å². The van der Waals surface area contributed by atoms with Crippen molar-refractivity contribution in [1.82, 2.24) is 0 Å². The van der Waals surface area contributed by atoms with Gasteiger partial charge in [0.05, 0.1) is 5.84 Å². The molecule has 0 heterocycles. The third kappa shape index (κ3) is 2.82. The minimum absolute atomic E-state index is 0.253. The van der Waals surface area contributed by atoms with Crippen LogP contribution in [0.5, 0.6) is 0 Å². The van der Waals surface area contributed by atoms with Crippen LogP contribution in [0.2, 0.25) is 0 Å². The predicted molar refractivity (Wildman–Crippen MR) is 65.6 cm³/mol. The van der Waals surface area contributed by atoms with Gasteiger partial charge in [0.1, 0.15) is 0 Å². The first-order valence-electron chi connectivity index (χ1n) is 5.52. The van der Waals surface area contributed by atoms with Crippen molar-refractivity contribution in [2.24, 2.45) is 5.73 Å². The van der Waals surface area contributed by atoms with Gasteiger partial charge in [0.25, 0.3) is 0 Å². The lowest BCUT2D eigenvalue weighted by molar-refractivity contribution is 1.01. The van der Waals surface area contributed by atoms with Crippen LogP contribution in [0.4, 0.5) is 0 Å². The molecule has 0 aliphatic rings. The number of hydrogen-bond donors (Lipinski definition) is 2. The molecule has 0 spiro atoms. The maximum Gasteiger partial charge on any atom is 0.0950 e. The first-order chi connectivity index (χ1) is 7.08. The SMILES string of the molecule is CCc1cc(C)cc(CC)c1CC(=N)N.